The quantitative estimate of drug-likeness (QED) is 0.699. The van der Waals surface area contributed by atoms with Gasteiger partial charge in [0.1, 0.15) is 5.82 Å². The monoisotopic (exact) mass is 411 g/mol. The van der Waals surface area contributed by atoms with Crippen LogP contribution in [0.15, 0.2) is 29.2 Å². The van der Waals surface area contributed by atoms with Gasteiger partial charge < -0.3 is 10.2 Å². The molecule has 2 fully saturated rings. The number of rotatable bonds is 7. The lowest BCUT2D eigenvalue weighted by Crippen LogP contribution is -2.45. The van der Waals surface area contributed by atoms with Crippen molar-refractivity contribution in [2.24, 2.45) is 5.92 Å². The number of amides is 1. The first kappa shape index (κ1) is 21.2. The number of carbonyl (C=O) groups excluding carboxylic acids is 1. The number of hydrogen-bond acceptors (Lipinski definition) is 4. The van der Waals surface area contributed by atoms with Crippen molar-refractivity contribution in [2.45, 2.75) is 43.4 Å². The summed E-state index contributed by atoms with van der Waals surface area (Å²) in [7, 11) is -3.70. The Bertz CT molecular complexity index is 748. The molecular formula is C20H30FN3O3S. The molecule has 2 aliphatic rings. The number of sulfonamides is 1. The van der Waals surface area contributed by atoms with Gasteiger partial charge in [-0.3, -0.25) is 4.79 Å². The molecule has 1 aromatic rings. The van der Waals surface area contributed by atoms with Crippen LogP contribution >= 0.6 is 0 Å². The predicted octanol–water partition coefficient (Wildman–Crippen LogP) is 2.22. The average Bonchev–Trinajstić information content (AvgIpc) is 2.72. The first-order valence-electron chi connectivity index (χ1n) is 10.2. The van der Waals surface area contributed by atoms with Gasteiger partial charge in [-0.1, -0.05) is 6.42 Å². The van der Waals surface area contributed by atoms with Crippen LogP contribution in [0.25, 0.3) is 0 Å². The minimum atomic E-state index is -3.70. The predicted molar refractivity (Wildman–Crippen MR) is 106 cm³/mol. The number of nitrogens with one attached hydrogen (secondary N) is 1. The number of carbonyl (C=O) groups is 1. The number of halogens is 1. The molecule has 0 radical (unpaired) electrons. The molecule has 2 saturated heterocycles. The highest BCUT2D eigenvalue weighted by molar-refractivity contribution is 7.89. The van der Waals surface area contributed by atoms with E-state index in [1.54, 1.807) is 0 Å². The van der Waals surface area contributed by atoms with E-state index in [1.165, 1.54) is 35.7 Å². The second-order valence-electron chi connectivity index (χ2n) is 7.70. The number of hydrogen-bond donors (Lipinski definition) is 1. The molecule has 0 spiro atoms. The van der Waals surface area contributed by atoms with Crippen molar-refractivity contribution in [3.63, 3.8) is 0 Å². The van der Waals surface area contributed by atoms with Crippen molar-refractivity contribution in [3.05, 3.63) is 30.1 Å². The van der Waals surface area contributed by atoms with Gasteiger partial charge in [0.05, 0.1) is 10.8 Å². The molecule has 28 heavy (non-hydrogen) atoms. The third-order valence-electron chi connectivity index (χ3n) is 5.61. The van der Waals surface area contributed by atoms with Crippen molar-refractivity contribution in [1.29, 1.82) is 0 Å². The Morgan fingerprint density at radius 3 is 2.50 bits per heavy atom. The molecule has 1 amide bonds. The maximum absolute atomic E-state index is 13.1. The summed E-state index contributed by atoms with van der Waals surface area (Å²) in [6.07, 6.45) is 6.07. The molecule has 8 heteroatoms. The standard InChI is InChI=1S/C20H30FN3O3S/c21-18-7-9-19(10-8-18)28(26,27)24-15-4-6-17(16-24)20(25)22-11-5-14-23-12-2-1-3-13-23/h7-10,17H,1-6,11-16H2,(H,22,25)/t17-/m0/s1. The maximum Gasteiger partial charge on any atom is 0.243 e. The van der Waals surface area contributed by atoms with Crippen molar-refractivity contribution in [2.75, 3.05) is 39.3 Å². The zero-order chi connectivity index (χ0) is 20.0. The zero-order valence-corrected chi connectivity index (χ0v) is 17.1. The number of nitrogens with zero attached hydrogens (tertiary/aromatic N) is 2. The molecule has 2 heterocycles. The first-order valence-corrected chi connectivity index (χ1v) is 11.7. The van der Waals surface area contributed by atoms with E-state index in [2.05, 4.69) is 10.2 Å². The van der Waals surface area contributed by atoms with E-state index >= 15 is 0 Å². The van der Waals surface area contributed by atoms with Crippen LogP contribution in [-0.4, -0.2) is 62.8 Å². The van der Waals surface area contributed by atoms with Gasteiger partial charge in [0, 0.05) is 19.6 Å². The topological polar surface area (TPSA) is 69.7 Å². The molecule has 0 unspecified atom stereocenters. The van der Waals surface area contributed by atoms with Gasteiger partial charge in [-0.2, -0.15) is 4.31 Å². The van der Waals surface area contributed by atoms with Crippen LogP contribution in [0.3, 0.4) is 0 Å². The Kier molecular flexibility index (Phi) is 7.42. The molecule has 6 nitrogen and oxygen atoms in total. The van der Waals surface area contributed by atoms with E-state index in [0.717, 1.165) is 38.2 Å². The molecule has 156 valence electrons. The molecule has 0 aliphatic carbocycles. The normalized spacial score (nSPS) is 22.1. The minimum Gasteiger partial charge on any atom is -0.356 e. The van der Waals surface area contributed by atoms with Crippen molar-refractivity contribution < 1.29 is 17.6 Å². The molecule has 2 aliphatic heterocycles. The first-order chi connectivity index (χ1) is 13.5. The third-order valence-corrected chi connectivity index (χ3v) is 7.48. The van der Waals surface area contributed by atoms with Crippen molar-refractivity contribution >= 4 is 15.9 Å². The van der Waals surface area contributed by atoms with Crippen LogP contribution in [0, 0.1) is 11.7 Å². The van der Waals surface area contributed by atoms with Crippen LogP contribution in [0.2, 0.25) is 0 Å². The van der Waals surface area contributed by atoms with Crippen LogP contribution < -0.4 is 5.32 Å². The van der Waals surface area contributed by atoms with Crippen LogP contribution in [0.1, 0.15) is 38.5 Å². The lowest BCUT2D eigenvalue weighted by Gasteiger charge is -2.31. The molecule has 1 N–H and O–H groups in total. The Hall–Kier alpha value is -1.51. The van der Waals surface area contributed by atoms with Crippen LogP contribution in [0.5, 0.6) is 0 Å². The smallest absolute Gasteiger partial charge is 0.243 e. The highest BCUT2D eigenvalue weighted by Crippen LogP contribution is 2.24. The number of piperidine rings is 2. The molecule has 1 atom stereocenters. The third kappa shape index (κ3) is 5.52. The van der Waals surface area contributed by atoms with Gasteiger partial charge >= 0.3 is 0 Å². The van der Waals surface area contributed by atoms with Gasteiger partial charge in [-0.15, -0.1) is 0 Å². The highest BCUT2D eigenvalue weighted by Gasteiger charge is 2.33. The second-order valence-corrected chi connectivity index (χ2v) is 9.64. The summed E-state index contributed by atoms with van der Waals surface area (Å²) < 4.78 is 40.0. The number of benzene rings is 1. The van der Waals surface area contributed by atoms with Gasteiger partial charge in [-0.05, 0) is 76.0 Å². The fraction of sp³-hybridized carbons (Fsp3) is 0.650. The second kappa shape index (κ2) is 9.80. The highest BCUT2D eigenvalue weighted by atomic mass is 32.2. The van der Waals surface area contributed by atoms with Crippen molar-refractivity contribution in [3.8, 4) is 0 Å². The largest absolute Gasteiger partial charge is 0.356 e. The Morgan fingerprint density at radius 2 is 1.79 bits per heavy atom. The fourth-order valence-electron chi connectivity index (χ4n) is 3.97. The van der Waals surface area contributed by atoms with E-state index in [1.807, 2.05) is 0 Å². The van der Waals surface area contributed by atoms with Crippen LogP contribution in [0.4, 0.5) is 4.39 Å². The molecule has 0 saturated carbocycles. The zero-order valence-electron chi connectivity index (χ0n) is 16.3. The maximum atomic E-state index is 13.1. The minimum absolute atomic E-state index is 0.0662. The van der Waals surface area contributed by atoms with E-state index in [4.69, 9.17) is 0 Å². The summed E-state index contributed by atoms with van der Waals surface area (Å²) in [6.45, 7) is 4.47. The van der Waals surface area contributed by atoms with E-state index in [0.29, 0.717) is 25.9 Å². The summed E-state index contributed by atoms with van der Waals surface area (Å²) in [4.78, 5) is 15.0. The van der Waals surface area contributed by atoms with Gasteiger partial charge in [-0.25, -0.2) is 12.8 Å². The summed E-state index contributed by atoms with van der Waals surface area (Å²) in [5.41, 5.74) is 0. The Balaban J connectivity index is 1.48. The van der Waals surface area contributed by atoms with E-state index in [9.17, 15) is 17.6 Å². The summed E-state index contributed by atoms with van der Waals surface area (Å²) in [5, 5.41) is 2.97. The van der Waals surface area contributed by atoms with Crippen molar-refractivity contribution in [1.82, 2.24) is 14.5 Å². The lowest BCUT2D eigenvalue weighted by molar-refractivity contribution is -0.126. The summed E-state index contributed by atoms with van der Waals surface area (Å²) >= 11 is 0. The SMILES string of the molecule is O=C(NCCCN1CCCCC1)[C@H]1CCCN(S(=O)(=O)c2ccc(F)cc2)C1. The molecular weight excluding hydrogens is 381 g/mol. The summed E-state index contributed by atoms with van der Waals surface area (Å²) in [5.74, 6) is -0.879. The average molecular weight is 412 g/mol. The molecule has 0 aromatic heterocycles. The summed E-state index contributed by atoms with van der Waals surface area (Å²) in [6, 6.07) is 4.83. The van der Waals surface area contributed by atoms with Gasteiger partial charge in [0.25, 0.3) is 0 Å². The fourth-order valence-corrected chi connectivity index (χ4v) is 5.50. The van der Waals surface area contributed by atoms with E-state index < -0.39 is 15.8 Å². The number of likely N-dealkylation sites (tertiary alicyclic amines) is 1. The Morgan fingerprint density at radius 1 is 1.07 bits per heavy atom. The lowest BCUT2D eigenvalue weighted by atomic mass is 9.99. The molecule has 0 bridgehead atoms. The Labute approximate surface area is 167 Å². The molecule has 3 rings (SSSR count). The van der Waals surface area contributed by atoms with Crippen LogP contribution in [-0.2, 0) is 14.8 Å². The van der Waals surface area contributed by atoms with E-state index in [-0.39, 0.29) is 23.3 Å². The molecule has 1 aromatic carbocycles. The van der Waals surface area contributed by atoms with Gasteiger partial charge in [0.2, 0.25) is 15.9 Å². The van der Waals surface area contributed by atoms with Gasteiger partial charge in [0.15, 0.2) is 0 Å².